The van der Waals surface area contributed by atoms with Crippen LogP contribution in [0, 0.1) is 0 Å². The molecule has 0 atom stereocenters. The number of fused-ring (bicyclic) bond motifs is 3. The molecule has 3 heteroatoms. The quantitative estimate of drug-likeness (QED) is 0.143. The molecular weight excluding hydrogens is 677 g/mol. The summed E-state index contributed by atoms with van der Waals surface area (Å²) in [4.78, 5) is 2.34. The van der Waals surface area contributed by atoms with Gasteiger partial charge < -0.3 is 0 Å². The molecule has 242 valence electrons. The summed E-state index contributed by atoms with van der Waals surface area (Å²) >= 11 is -3.46. The van der Waals surface area contributed by atoms with Crippen molar-refractivity contribution in [3.8, 4) is 5.69 Å². The van der Waals surface area contributed by atoms with E-state index in [1.165, 1.54) is 45.1 Å². The third kappa shape index (κ3) is 5.36. The Morgan fingerprint density at radius 2 is 0.765 bits per heavy atom. The van der Waals surface area contributed by atoms with Gasteiger partial charge in [-0.15, -0.1) is 0 Å². The van der Waals surface area contributed by atoms with E-state index in [1.54, 1.807) is 0 Å². The molecule has 0 aliphatic carbocycles. The minimum atomic E-state index is -3.46. The average molecular weight is 713 g/mol. The molecule has 0 radical (unpaired) electrons. The number of para-hydroxylation sites is 3. The number of nitrogens with zero attached hydrogens (tertiary/aromatic N) is 2. The van der Waals surface area contributed by atoms with E-state index in [1.807, 2.05) is 0 Å². The van der Waals surface area contributed by atoms with Gasteiger partial charge in [0.25, 0.3) is 0 Å². The first-order valence-corrected chi connectivity index (χ1v) is 21.7. The first kappa shape index (κ1) is 30.9. The van der Waals surface area contributed by atoms with Crippen LogP contribution >= 0.6 is 0 Å². The Labute approximate surface area is 301 Å². The SMILES string of the molecule is c1ccc(N(c2ccccc2)c2ccc3c(c2)c2ccccc2n3-c2ccc[c]([Ge]([c]3ccccc3)([c]3ccccc3)[c]3ccccc3)c2)cc1. The third-order valence-electron chi connectivity index (χ3n) is 10.1. The molecule has 0 amide bonds. The number of benzene rings is 8. The summed E-state index contributed by atoms with van der Waals surface area (Å²) in [5.41, 5.74) is 6.95. The van der Waals surface area contributed by atoms with Crippen LogP contribution in [0.5, 0.6) is 0 Å². The zero-order chi connectivity index (χ0) is 34.0. The summed E-state index contributed by atoms with van der Waals surface area (Å²) in [7, 11) is 0. The molecule has 9 rings (SSSR count). The van der Waals surface area contributed by atoms with E-state index in [9.17, 15) is 0 Å². The van der Waals surface area contributed by atoms with Crippen LogP contribution in [-0.2, 0) is 0 Å². The van der Waals surface area contributed by atoms with E-state index in [0.717, 1.165) is 17.1 Å². The van der Waals surface area contributed by atoms with Gasteiger partial charge in [0, 0.05) is 0 Å². The molecule has 0 spiro atoms. The number of anilines is 3. The van der Waals surface area contributed by atoms with Crippen LogP contribution < -0.4 is 22.5 Å². The van der Waals surface area contributed by atoms with E-state index in [2.05, 4.69) is 228 Å². The van der Waals surface area contributed by atoms with Gasteiger partial charge in [-0.2, -0.15) is 0 Å². The van der Waals surface area contributed by atoms with Crippen LogP contribution in [0.1, 0.15) is 0 Å². The Kier molecular flexibility index (Phi) is 8.07. The predicted octanol–water partition coefficient (Wildman–Crippen LogP) is 9.63. The fraction of sp³-hybridized carbons (Fsp3) is 0. The Morgan fingerprint density at radius 1 is 0.314 bits per heavy atom. The Morgan fingerprint density at radius 3 is 1.31 bits per heavy atom. The summed E-state index contributed by atoms with van der Waals surface area (Å²) in [6.07, 6.45) is 0. The molecule has 2 nitrogen and oxygen atoms in total. The van der Waals surface area contributed by atoms with Crippen molar-refractivity contribution in [1.82, 2.24) is 4.57 Å². The molecule has 1 heterocycles. The van der Waals surface area contributed by atoms with Crippen LogP contribution in [-0.4, -0.2) is 17.8 Å². The topological polar surface area (TPSA) is 8.17 Å². The van der Waals surface area contributed by atoms with Gasteiger partial charge >= 0.3 is 291 Å². The average Bonchev–Trinajstić information content (AvgIpc) is 3.54. The van der Waals surface area contributed by atoms with E-state index >= 15 is 0 Å². The van der Waals surface area contributed by atoms with Gasteiger partial charge in [-0.1, -0.05) is 12.1 Å². The zero-order valence-electron chi connectivity index (χ0n) is 28.2. The van der Waals surface area contributed by atoms with Gasteiger partial charge in [0.15, 0.2) is 0 Å². The Hall–Kier alpha value is -6.10. The summed E-state index contributed by atoms with van der Waals surface area (Å²) in [6.45, 7) is 0. The fourth-order valence-electron chi connectivity index (χ4n) is 7.92. The molecule has 0 aliphatic heterocycles. The molecule has 0 saturated carbocycles. The first-order chi connectivity index (χ1) is 25.3. The normalized spacial score (nSPS) is 11.5. The second-order valence-corrected chi connectivity index (χ2v) is 21.0. The van der Waals surface area contributed by atoms with Gasteiger partial charge in [-0.05, 0) is 0 Å². The van der Waals surface area contributed by atoms with Gasteiger partial charge in [-0.3, -0.25) is 0 Å². The van der Waals surface area contributed by atoms with Crippen molar-refractivity contribution in [2.75, 3.05) is 4.90 Å². The zero-order valence-corrected chi connectivity index (χ0v) is 30.3. The van der Waals surface area contributed by atoms with Crippen molar-refractivity contribution in [3.63, 3.8) is 0 Å². The second-order valence-electron chi connectivity index (χ2n) is 13.0. The van der Waals surface area contributed by atoms with Crippen molar-refractivity contribution >= 4 is 69.7 Å². The molecule has 51 heavy (non-hydrogen) atoms. The molecule has 0 saturated heterocycles. The fourth-order valence-corrected chi connectivity index (χ4v) is 18.0. The maximum atomic E-state index is 2.48. The van der Waals surface area contributed by atoms with Crippen molar-refractivity contribution in [3.05, 3.63) is 218 Å². The molecule has 0 fully saturated rings. The molecule has 9 aromatic rings. The van der Waals surface area contributed by atoms with E-state index < -0.39 is 13.3 Å². The number of hydrogen-bond acceptors (Lipinski definition) is 1. The number of rotatable bonds is 8. The molecule has 0 aliphatic rings. The van der Waals surface area contributed by atoms with Gasteiger partial charge in [0.2, 0.25) is 0 Å². The predicted molar refractivity (Wildman–Crippen MR) is 219 cm³/mol. The first-order valence-electron chi connectivity index (χ1n) is 17.5. The molecular formula is C48H36GeN2. The van der Waals surface area contributed by atoms with Crippen LogP contribution in [0.4, 0.5) is 17.1 Å². The Balaban J connectivity index is 1.28. The van der Waals surface area contributed by atoms with Crippen LogP contribution in [0.25, 0.3) is 27.5 Å². The maximum absolute atomic E-state index is 3.46. The number of hydrogen-bond donors (Lipinski definition) is 0. The number of aromatic nitrogens is 1. The van der Waals surface area contributed by atoms with Gasteiger partial charge in [0.1, 0.15) is 0 Å². The van der Waals surface area contributed by atoms with Crippen molar-refractivity contribution in [2.45, 2.75) is 0 Å². The Bertz CT molecular complexity index is 2430. The molecule has 0 N–H and O–H groups in total. The second kappa shape index (κ2) is 13.3. The molecule has 8 aromatic carbocycles. The minimum absolute atomic E-state index is 1.13. The van der Waals surface area contributed by atoms with Crippen molar-refractivity contribution in [2.24, 2.45) is 0 Å². The molecule has 0 unspecified atom stereocenters. The van der Waals surface area contributed by atoms with E-state index in [-0.39, 0.29) is 0 Å². The van der Waals surface area contributed by atoms with Gasteiger partial charge in [-0.25, -0.2) is 0 Å². The van der Waals surface area contributed by atoms with Gasteiger partial charge in [0.05, 0.1) is 0 Å². The molecule has 1 aromatic heterocycles. The monoisotopic (exact) mass is 714 g/mol. The van der Waals surface area contributed by atoms with Crippen LogP contribution in [0.3, 0.4) is 0 Å². The van der Waals surface area contributed by atoms with Crippen LogP contribution in [0.15, 0.2) is 218 Å². The summed E-state index contributed by atoms with van der Waals surface area (Å²) in [5, 5.41) is 2.47. The standard InChI is InChI=1S/C48H36GeN2/c1-6-19-37(20-7-1)49(38-21-8-2-9-22-38,39-23-10-3-11-24-39)40-25-18-30-43(35-40)51-47-32-17-16-31-45(47)46-36-44(33-34-48(46)51)50(41-26-12-4-13-27-41)42-28-14-5-15-29-42/h1-36H. The van der Waals surface area contributed by atoms with Crippen molar-refractivity contribution in [1.29, 1.82) is 0 Å². The van der Waals surface area contributed by atoms with E-state index in [4.69, 9.17) is 0 Å². The summed E-state index contributed by atoms with van der Waals surface area (Å²) in [5.74, 6) is 0. The summed E-state index contributed by atoms with van der Waals surface area (Å²) < 4.78 is 8.11. The van der Waals surface area contributed by atoms with Crippen LogP contribution in [0.2, 0.25) is 0 Å². The molecule has 0 bridgehead atoms. The van der Waals surface area contributed by atoms with Crippen molar-refractivity contribution < 1.29 is 0 Å². The summed E-state index contributed by atoms with van der Waals surface area (Å²) in [6, 6.07) is 80.1. The third-order valence-corrected chi connectivity index (χ3v) is 20.1. The van der Waals surface area contributed by atoms with E-state index in [0.29, 0.717) is 0 Å².